The van der Waals surface area contributed by atoms with Gasteiger partial charge in [-0.15, -0.1) is 0 Å². The van der Waals surface area contributed by atoms with E-state index in [4.69, 9.17) is 25.8 Å². The average Bonchev–Trinajstić information content (AvgIpc) is 2.87. The lowest BCUT2D eigenvalue weighted by molar-refractivity contribution is -0.130. The minimum absolute atomic E-state index is 0.206. The fraction of sp³-hybridized carbons (Fsp3) is 0.480. The Morgan fingerprint density at radius 2 is 1.83 bits per heavy atom. The zero-order valence-corrected chi connectivity index (χ0v) is 22.5. The summed E-state index contributed by atoms with van der Waals surface area (Å²) in [6.45, 7) is 8.26. The van der Waals surface area contributed by atoms with Gasteiger partial charge in [-0.2, -0.15) is 0 Å². The quantitative estimate of drug-likeness (QED) is 0.557. The molecular weight excluding hydrogens is 492 g/mol. The highest BCUT2D eigenvalue weighted by atomic mass is 35.5. The summed E-state index contributed by atoms with van der Waals surface area (Å²) in [5.41, 5.74) is 1.55. The molecule has 3 rings (SSSR count). The normalized spacial score (nSPS) is 18.7. The Morgan fingerprint density at radius 3 is 2.43 bits per heavy atom. The molecule has 35 heavy (non-hydrogen) atoms. The van der Waals surface area contributed by atoms with E-state index >= 15 is 0 Å². The second-order valence-corrected chi connectivity index (χ2v) is 11.8. The Bertz CT molecular complexity index is 1180. The number of carbonyl (C=O) groups excluding carboxylic acids is 1. The van der Waals surface area contributed by atoms with Crippen LogP contribution in [0.2, 0.25) is 5.02 Å². The molecule has 0 aliphatic carbocycles. The van der Waals surface area contributed by atoms with E-state index in [-0.39, 0.29) is 12.0 Å². The molecule has 1 aliphatic heterocycles. The summed E-state index contributed by atoms with van der Waals surface area (Å²) in [6, 6.07) is 10.6. The summed E-state index contributed by atoms with van der Waals surface area (Å²) in [5.74, 6) is -0.0495. The van der Waals surface area contributed by atoms with Crippen molar-refractivity contribution in [1.29, 1.82) is 0 Å². The number of halogens is 1. The molecule has 1 amide bonds. The van der Waals surface area contributed by atoms with Crippen LogP contribution in [0.25, 0.3) is 0 Å². The number of anilines is 1. The lowest BCUT2D eigenvalue weighted by Gasteiger charge is -2.31. The first kappa shape index (κ1) is 27.3. The Kier molecular flexibility index (Phi) is 8.36. The molecule has 0 unspecified atom stereocenters. The highest BCUT2D eigenvalue weighted by Gasteiger charge is 2.41. The number of methoxy groups -OCH3 is 2. The predicted octanol–water partition coefficient (Wildman–Crippen LogP) is 4.16. The van der Waals surface area contributed by atoms with Crippen LogP contribution in [0, 0.1) is 5.41 Å². The van der Waals surface area contributed by atoms with Crippen molar-refractivity contribution in [3.8, 4) is 11.5 Å². The van der Waals surface area contributed by atoms with Gasteiger partial charge in [0.15, 0.2) is 17.6 Å². The number of hydrogen-bond donors (Lipinski definition) is 1. The minimum Gasteiger partial charge on any atom is -0.493 e. The summed E-state index contributed by atoms with van der Waals surface area (Å²) >= 11 is 6.40. The lowest BCUT2D eigenvalue weighted by Crippen LogP contribution is -2.47. The number of carbonyl (C=O) groups is 1. The zero-order chi connectivity index (χ0) is 26.0. The van der Waals surface area contributed by atoms with E-state index < -0.39 is 33.9 Å². The van der Waals surface area contributed by atoms with Gasteiger partial charge in [0.25, 0.3) is 5.91 Å². The molecule has 2 aromatic carbocycles. The number of nitrogens with zero attached hydrogens (tertiary/aromatic N) is 1. The molecule has 2 atom stereocenters. The van der Waals surface area contributed by atoms with E-state index in [9.17, 15) is 13.2 Å². The second kappa shape index (κ2) is 10.7. The van der Waals surface area contributed by atoms with Gasteiger partial charge in [0, 0.05) is 34.9 Å². The number of sulfonamides is 1. The number of para-hydroxylation sites is 1. The van der Waals surface area contributed by atoms with E-state index in [2.05, 4.69) is 4.72 Å². The summed E-state index contributed by atoms with van der Waals surface area (Å²) in [5, 5.41) is 0.459. The Labute approximate surface area is 212 Å². The third kappa shape index (κ3) is 6.27. The maximum atomic E-state index is 13.8. The molecule has 10 heteroatoms. The van der Waals surface area contributed by atoms with Gasteiger partial charge in [-0.05, 0) is 29.7 Å². The van der Waals surface area contributed by atoms with Crippen molar-refractivity contribution in [2.75, 3.05) is 38.0 Å². The lowest BCUT2D eigenvalue weighted by atomic mass is 9.94. The van der Waals surface area contributed by atoms with Crippen molar-refractivity contribution < 1.29 is 27.4 Å². The minimum atomic E-state index is -3.78. The van der Waals surface area contributed by atoms with Crippen molar-refractivity contribution in [3.05, 3.63) is 52.5 Å². The molecule has 192 valence electrons. The number of fused-ring (bicyclic) bond motifs is 1. The van der Waals surface area contributed by atoms with Crippen LogP contribution in [-0.4, -0.2) is 53.5 Å². The van der Waals surface area contributed by atoms with Crippen LogP contribution in [0.5, 0.6) is 11.5 Å². The standard InChI is InChI=1S/C25H33ClN2O6S/c1-7-27-35(30,31)14-21-24(29)28(15-25(2,3)4)19-12-11-16(26)13-18(19)22(34-21)17-9-8-10-20(32-5)23(17)33-6/h8-13,21-22,27H,7,14-15H2,1-6H3/t21-,22-/m1/s1. The fourth-order valence-electron chi connectivity index (χ4n) is 4.15. The molecule has 1 N–H and O–H groups in total. The van der Waals surface area contributed by atoms with Gasteiger partial charge in [0.05, 0.1) is 20.0 Å². The average molecular weight is 525 g/mol. The van der Waals surface area contributed by atoms with Crippen molar-refractivity contribution in [2.24, 2.45) is 5.41 Å². The van der Waals surface area contributed by atoms with Crippen molar-refractivity contribution in [2.45, 2.75) is 39.9 Å². The number of amides is 1. The molecular formula is C25H33ClN2O6S. The van der Waals surface area contributed by atoms with Gasteiger partial charge in [-0.25, -0.2) is 13.1 Å². The molecule has 1 aliphatic rings. The van der Waals surface area contributed by atoms with Crippen molar-refractivity contribution in [1.82, 2.24) is 4.72 Å². The first-order valence-electron chi connectivity index (χ1n) is 11.3. The fourth-order valence-corrected chi connectivity index (χ4v) is 5.51. The largest absolute Gasteiger partial charge is 0.493 e. The third-order valence-corrected chi connectivity index (χ3v) is 7.19. The maximum absolute atomic E-state index is 13.8. The van der Waals surface area contributed by atoms with Gasteiger partial charge < -0.3 is 19.1 Å². The molecule has 0 fully saturated rings. The summed E-state index contributed by atoms with van der Waals surface area (Å²) in [7, 11) is -0.738. The molecule has 1 heterocycles. The topological polar surface area (TPSA) is 94.2 Å². The summed E-state index contributed by atoms with van der Waals surface area (Å²) in [6.07, 6.45) is -2.11. The first-order chi connectivity index (χ1) is 16.4. The van der Waals surface area contributed by atoms with Crippen LogP contribution in [0.3, 0.4) is 0 Å². The number of benzene rings is 2. The van der Waals surface area contributed by atoms with Crippen molar-refractivity contribution in [3.63, 3.8) is 0 Å². The summed E-state index contributed by atoms with van der Waals surface area (Å²) < 4.78 is 45.4. The van der Waals surface area contributed by atoms with E-state index in [0.717, 1.165) is 0 Å². The Balaban J connectivity index is 2.27. The molecule has 0 spiro atoms. The van der Waals surface area contributed by atoms with Crippen LogP contribution in [-0.2, 0) is 19.6 Å². The van der Waals surface area contributed by atoms with Gasteiger partial charge in [-0.3, -0.25) is 4.79 Å². The van der Waals surface area contributed by atoms with Gasteiger partial charge in [0.1, 0.15) is 6.10 Å². The van der Waals surface area contributed by atoms with E-state index in [1.165, 1.54) is 14.2 Å². The predicted molar refractivity (Wildman–Crippen MR) is 137 cm³/mol. The number of hydrogen-bond acceptors (Lipinski definition) is 6. The molecule has 0 saturated carbocycles. The van der Waals surface area contributed by atoms with E-state index in [1.54, 1.807) is 48.2 Å². The highest BCUT2D eigenvalue weighted by molar-refractivity contribution is 7.89. The SMILES string of the molecule is CCNS(=O)(=O)C[C@H]1O[C@H](c2cccc(OC)c2OC)c2cc(Cl)ccc2N(CC(C)(C)C)C1=O. The van der Waals surface area contributed by atoms with Gasteiger partial charge >= 0.3 is 0 Å². The van der Waals surface area contributed by atoms with Gasteiger partial charge in [0.2, 0.25) is 10.0 Å². The third-order valence-electron chi connectivity index (χ3n) is 5.49. The summed E-state index contributed by atoms with van der Waals surface area (Å²) in [4.78, 5) is 15.4. The van der Waals surface area contributed by atoms with Gasteiger partial charge in [-0.1, -0.05) is 51.4 Å². The van der Waals surface area contributed by atoms with Crippen LogP contribution in [0.15, 0.2) is 36.4 Å². The zero-order valence-electron chi connectivity index (χ0n) is 20.9. The van der Waals surface area contributed by atoms with E-state index in [0.29, 0.717) is 39.9 Å². The molecule has 8 nitrogen and oxygen atoms in total. The maximum Gasteiger partial charge on any atom is 0.257 e. The highest BCUT2D eigenvalue weighted by Crippen LogP contribution is 2.45. The molecule has 0 bridgehead atoms. The number of nitrogens with one attached hydrogen (secondary N) is 1. The number of ether oxygens (including phenoxy) is 3. The van der Waals surface area contributed by atoms with E-state index in [1.807, 2.05) is 20.8 Å². The van der Waals surface area contributed by atoms with Crippen LogP contribution in [0.4, 0.5) is 5.69 Å². The second-order valence-electron chi connectivity index (χ2n) is 9.55. The monoisotopic (exact) mass is 524 g/mol. The smallest absolute Gasteiger partial charge is 0.257 e. The van der Waals surface area contributed by atoms with Crippen molar-refractivity contribution >= 4 is 33.2 Å². The number of rotatable bonds is 8. The molecule has 0 radical (unpaired) electrons. The Morgan fingerprint density at radius 1 is 1.11 bits per heavy atom. The van der Waals surface area contributed by atoms with Crippen LogP contribution in [0.1, 0.15) is 44.9 Å². The van der Waals surface area contributed by atoms with Crippen LogP contribution >= 0.6 is 11.6 Å². The molecule has 2 aromatic rings. The Hall–Kier alpha value is -2.33. The van der Waals surface area contributed by atoms with Crippen LogP contribution < -0.4 is 19.1 Å². The molecule has 0 aromatic heterocycles. The first-order valence-corrected chi connectivity index (χ1v) is 13.4. The molecule has 0 saturated heterocycles.